The van der Waals surface area contributed by atoms with Gasteiger partial charge in [-0.05, 0) is 35.9 Å². The Kier molecular flexibility index (Phi) is 2.76. The molecule has 3 N–H and O–H groups in total. The largest absolute Gasteiger partial charge is 0.399 e. The molecule has 0 amide bonds. The number of fused-ring (bicyclic) bond motifs is 1. The number of thioether (sulfide) groups is 1. The van der Waals surface area contributed by atoms with Crippen LogP contribution < -0.4 is 11.1 Å². The van der Waals surface area contributed by atoms with Crippen molar-refractivity contribution in [3.8, 4) is 0 Å². The Hall–Kier alpha value is -1.13. The molecule has 86 valence electrons. The Bertz CT molecular complexity index is 554. The monoisotopic (exact) mass is 306 g/mol. The van der Waals surface area contributed by atoms with Gasteiger partial charge in [0.25, 0.3) is 0 Å². The quantitative estimate of drug-likeness (QED) is 0.774. The molecule has 1 heterocycles. The molecule has 0 aliphatic carbocycles. The summed E-state index contributed by atoms with van der Waals surface area (Å²) < 4.78 is 1.11. The van der Waals surface area contributed by atoms with Crippen LogP contribution >= 0.6 is 27.7 Å². The van der Waals surface area contributed by atoms with Gasteiger partial charge in [0.2, 0.25) is 0 Å². The Morgan fingerprint density at radius 1 is 1.12 bits per heavy atom. The average Bonchev–Trinajstić information content (AvgIpc) is 2.72. The van der Waals surface area contributed by atoms with Gasteiger partial charge in [0.1, 0.15) is 5.37 Å². The van der Waals surface area contributed by atoms with E-state index in [0.29, 0.717) is 0 Å². The molecule has 2 aromatic rings. The van der Waals surface area contributed by atoms with E-state index in [9.17, 15) is 0 Å². The molecule has 4 heteroatoms. The minimum absolute atomic E-state index is 0.278. The number of halogens is 1. The zero-order chi connectivity index (χ0) is 11.8. The molecule has 0 saturated heterocycles. The van der Waals surface area contributed by atoms with E-state index < -0.39 is 0 Å². The first-order chi connectivity index (χ1) is 8.22. The molecule has 1 aliphatic heterocycles. The van der Waals surface area contributed by atoms with Crippen molar-refractivity contribution >= 4 is 39.1 Å². The molecule has 1 atom stereocenters. The van der Waals surface area contributed by atoms with Crippen LogP contribution in [0.1, 0.15) is 10.9 Å². The van der Waals surface area contributed by atoms with E-state index in [-0.39, 0.29) is 5.37 Å². The van der Waals surface area contributed by atoms with Crippen molar-refractivity contribution in [2.45, 2.75) is 10.3 Å². The molecule has 17 heavy (non-hydrogen) atoms. The molecule has 2 aromatic carbocycles. The van der Waals surface area contributed by atoms with Gasteiger partial charge < -0.3 is 11.1 Å². The second kappa shape index (κ2) is 4.27. The first kappa shape index (κ1) is 11.0. The molecule has 1 unspecified atom stereocenters. The van der Waals surface area contributed by atoms with Crippen LogP contribution in [-0.4, -0.2) is 0 Å². The van der Waals surface area contributed by atoms with E-state index in [2.05, 4.69) is 51.6 Å². The topological polar surface area (TPSA) is 38.0 Å². The predicted octanol–water partition coefficient (Wildman–Crippen LogP) is 4.25. The summed E-state index contributed by atoms with van der Waals surface area (Å²) in [4.78, 5) is 1.28. The lowest BCUT2D eigenvalue weighted by Crippen LogP contribution is -2.00. The lowest BCUT2D eigenvalue weighted by Gasteiger charge is -2.10. The van der Waals surface area contributed by atoms with Crippen LogP contribution in [-0.2, 0) is 0 Å². The first-order valence-electron chi connectivity index (χ1n) is 5.30. The van der Waals surface area contributed by atoms with Gasteiger partial charge in [-0.25, -0.2) is 0 Å². The van der Waals surface area contributed by atoms with Gasteiger partial charge in [0.05, 0.1) is 0 Å². The fourth-order valence-corrected chi connectivity index (χ4v) is 3.53. The number of hydrogen-bond donors (Lipinski definition) is 2. The van der Waals surface area contributed by atoms with Crippen molar-refractivity contribution in [3.63, 3.8) is 0 Å². The molecular weight excluding hydrogens is 296 g/mol. The summed E-state index contributed by atoms with van der Waals surface area (Å²) in [5.41, 5.74) is 8.94. The number of nitrogens with two attached hydrogens (primary N) is 1. The minimum Gasteiger partial charge on any atom is -0.399 e. The first-order valence-corrected chi connectivity index (χ1v) is 6.98. The zero-order valence-corrected chi connectivity index (χ0v) is 11.4. The highest BCUT2D eigenvalue weighted by Crippen LogP contribution is 2.47. The van der Waals surface area contributed by atoms with Crippen molar-refractivity contribution in [1.82, 2.24) is 0 Å². The van der Waals surface area contributed by atoms with Crippen LogP contribution in [0.3, 0.4) is 0 Å². The smallest absolute Gasteiger partial charge is 0.103 e. The second-order valence-electron chi connectivity index (χ2n) is 3.95. The standard InChI is InChI=1S/C13H11BrN2S/c14-9-3-6-11-12(7-9)17-13(16-11)8-1-4-10(15)5-2-8/h1-7,13,16H,15H2. The van der Waals surface area contributed by atoms with Gasteiger partial charge in [0, 0.05) is 20.7 Å². The highest BCUT2D eigenvalue weighted by atomic mass is 79.9. The summed E-state index contributed by atoms with van der Waals surface area (Å²) in [5.74, 6) is 0. The van der Waals surface area contributed by atoms with Gasteiger partial charge in [-0.15, -0.1) is 0 Å². The summed E-state index contributed by atoms with van der Waals surface area (Å²) in [6, 6.07) is 14.3. The molecule has 0 radical (unpaired) electrons. The van der Waals surface area contributed by atoms with Crippen LogP contribution in [0, 0.1) is 0 Å². The molecule has 3 rings (SSSR count). The average molecular weight is 307 g/mol. The highest BCUT2D eigenvalue weighted by molar-refractivity contribution is 9.10. The third-order valence-corrected chi connectivity index (χ3v) is 4.42. The molecule has 0 aromatic heterocycles. The highest BCUT2D eigenvalue weighted by Gasteiger charge is 2.22. The zero-order valence-electron chi connectivity index (χ0n) is 8.98. The molecular formula is C13H11BrN2S. The van der Waals surface area contributed by atoms with E-state index in [0.717, 1.165) is 10.2 Å². The van der Waals surface area contributed by atoms with Gasteiger partial charge in [-0.1, -0.05) is 39.8 Å². The number of benzene rings is 2. The molecule has 1 aliphatic rings. The Labute approximate surface area is 113 Å². The molecule has 0 fully saturated rings. The second-order valence-corrected chi connectivity index (χ2v) is 6.01. The normalized spacial score (nSPS) is 17.6. The number of anilines is 2. The van der Waals surface area contributed by atoms with Crippen LogP contribution in [0.2, 0.25) is 0 Å². The third kappa shape index (κ3) is 2.15. The maximum absolute atomic E-state index is 5.70. The van der Waals surface area contributed by atoms with Gasteiger partial charge in [0.15, 0.2) is 0 Å². The summed E-state index contributed by atoms with van der Waals surface area (Å²) in [5, 5.41) is 3.78. The van der Waals surface area contributed by atoms with Crippen molar-refractivity contribution in [1.29, 1.82) is 0 Å². The van der Waals surface area contributed by atoms with E-state index in [1.54, 1.807) is 0 Å². The summed E-state index contributed by atoms with van der Waals surface area (Å²) >= 11 is 5.32. The van der Waals surface area contributed by atoms with Crippen molar-refractivity contribution in [3.05, 3.63) is 52.5 Å². The molecule has 0 bridgehead atoms. The number of nitrogens with one attached hydrogen (secondary N) is 1. The summed E-state index contributed by atoms with van der Waals surface area (Å²) in [7, 11) is 0. The molecule has 2 nitrogen and oxygen atoms in total. The number of rotatable bonds is 1. The lowest BCUT2D eigenvalue weighted by atomic mass is 10.2. The number of hydrogen-bond acceptors (Lipinski definition) is 3. The van der Waals surface area contributed by atoms with Crippen LogP contribution in [0.5, 0.6) is 0 Å². The van der Waals surface area contributed by atoms with Crippen LogP contribution in [0.25, 0.3) is 0 Å². The minimum atomic E-state index is 0.278. The van der Waals surface area contributed by atoms with E-state index >= 15 is 0 Å². The van der Waals surface area contributed by atoms with Gasteiger partial charge in [-0.3, -0.25) is 0 Å². The van der Waals surface area contributed by atoms with Gasteiger partial charge in [-0.2, -0.15) is 0 Å². The molecule has 0 spiro atoms. The summed E-state index contributed by atoms with van der Waals surface area (Å²) in [6.45, 7) is 0. The van der Waals surface area contributed by atoms with E-state index in [4.69, 9.17) is 5.73 Å². The fraction of sp³-hybridized carbons (Fsp3) is 0.0769. The van der Waals surface area contributed by atoms with Crippen LogP contribution in [0.15, 0.2) is 51.8 Å². The SMILES string of the molecule is Nc1ccc(C2Nc3ccc(Br)cc3S2)cc1. The van der Waals surface area contributed by atoms with Crippen molar-refractivity contribution in [2.75, 3.05) is 11.1 Å². The fourth-order valence-electron chi connectivity index (χ4n) is 1.83. The van der Waals surface area contributed by atoms with E-state index in [1.165, 1.54) is 16.1 Å². The van der Waals surface area contributed by atoms with Crippen LogP contribution in [0.4, 0.5) is 11.4 Å². The predicted molar refractivity (Wildman–Crippen MR) is 77.2 cm³/mol. The van der Waals surface area contributed by atoms with Gasteiger partial charge >= 0.3 is 0 Å². The third-order valence-electron chi connectivity index (χ3n) is 2.71. The maximum Gasteiger partial charge on any atom is 0.103 e. The molecule has 0 saturated carbocycles. The summed E-state index contributed by atoms with van der Waals surface area (Å²) in [6.07, 6.45) is 0. The van der Waals surface area contributed by atoms with Crippen molar-refractivity contribution in [2.24, 2.45) is 0 Å². The van der Waals surface area contributed by atoms with Crippen molar-refractivity contribution < 1.29 is 0 Å². The Balaban J connectivity index is 1.88. The Morgan fingerprint density at radius 3 is 2.65 bits per heavy atom. The number of nitrogen functional groups attached to an aromatic ring is 1. The van der Waals surface area contributed by atoms with E-state index in [1.807, 2.05) is 23.9 Å². The lowest BCUT2D eigenvalue weighted by molar-refractivity contribution is 1.13. The Morgan fingerprint density at radius 2 is 1.88 bits per heavy atom. The maximum atomic E-state index is 5.70.